The number of hydrogen-bond acceptors (Lipinski definition) is 6. The van der Waals surface area contributed by atoms with Gasteiger partial charge in [0.2, 0.25) is 5.10 Å². The number of rotatable bonds is 1. The predicted octanol–water partition coefficient (Wildman–Crippen LogP) is -1.51. The van der Waals surface area contributed by atoms with Gasteiger partial charge < -0.3 is 20.6 Å². The van der Waals surface area contributed by atoms with E-state index in [1.165, 1.54) is 0 Å². The van der Waals surface area contributed by atoms with E-state index in [0.717, 1.165) is 31.9 Å². The Morgan fingerprint density at radius 3 is 2.68 bits per heavy atom. The molecule has 0 unspecified atom stereocenters. The summed E-state index contributed by atoms with van der Waals surface area (Å²) in [6, 6.07) is 5.10. The Morgan fingerprint density at radius 1 is 1.21 bits per heavy atom. The molecule has 8 heteroatoms. The molecule has 1 aromatic heterocycles. The number of aromatic nitrogens is 3. The Kier molecular flexibility index (Phi) is 2.71. The SMILES string of the molecule is Nc1n[n+]([O-])c2ccc(N3CCNCC3)cc2[n+]1[O-]. The molecule has 0 amide bonds. The molecule has 1 fully saturated rings. The van der Waals surface area contributed by atoms with E-state index in [-0.39, 0.29) is 17.0 Å². The molecule has 1 aliphatic heterocycles. The van der Waals surface area contributed by atoms with Crippen molar-refractivity contribution in [3.8, 4) is 0 Å². The lowest BCUT2D eigenvalue weighted by Crippen LogP contribution is -2.45. The van der Waals surface area contributed by atoms with E-state index in [2.05, 4.69) is 15.3 Å². The number of fused-ring (bicyclic) bond motifs is 1. The fraction of sp³-hybridized carbons (Fsp3) is 0.364. The van der Waals surface area contributed by atoms with Crippen molar-refractivity contribution in [2.24, 2.45) is 0 Å². The van der Waals surface area contributed by atoms with Crippen LogP contribution in [-0.2, 0) is 0 Å². The number of nitrogens with two attached hydrogens (primary N) is 1. The van der Waals surface area contributed by atoms with Crippen molar-refractivity contribution >= 4 is 22.7 Å². The molecule has 19 heavy (non-hydrogen) atoms. The third-order valence-electron chi connectivity index (χ3n) is 3.27. The van der Waals surface area contributed by atoms with Gasteiger partial charge in [0.25, 0.3) is 5.52 Å². The van der Waals surface area contributed by atoms with Gasteiger partial charge in [-0.05, 0) is 6.07 Å². The van der Waals surface area contributed by atoms with Gasteiger partial charge in [-0.2, -0.15) is 0 Å². The maximum atomic E-state index is 11.9. The van der Waals surface area contributed by atoms with Gasteiger partial charge >= 0.3 is 5.95 Å². The highest BCUT2D eigenvalue weighted by Crippen LogP contribution is 2.18. The van der Waals surface area contributed by atoms with Crippen LogP contribution in [0.5, 0.6) is 0 Å². The summed E-state index contributed by atoms with van der Waals surface area (Å²) in [5.74, 6) is -0.347. The summed E-state index contributed by atoms with van der Waals surface area (Å²) in [5, 5.41) is 30.1. The molecule has 3 rings (SSSR count). The van der Waals surface area contributed by atoms with E-state index >= 15 is 0 Å². The molecular formula is C11H14N6O2. The highest BCUT2D eigenvalue weighted by Gasteiger charge is 2.19. The molecule has 0 bridgehead atoms. The first kappa shape index (κ1) is 11.7. The van der Waals surface area contributed by atoms with Gasteiger partial charge in [-0.1, -0.05) is 0 Å². The Bertz CT molecular complexity index is 626. The lowest BCUT2D eigenvalue weighted by atomic mass is 10.2. The molecule has 1 saturated heterocycles. The van der Waals surface area contributed by atoms with E-state index in [9.17, 15) is 10.4 Å². The van der Waals surface area contributed by atoms with Crippen LogP contribution >= 0.6 is 0 Å². The Labute approximate surface area is 109 Å². The Morgan fingerprint density at radius 2 is 1.95 bits per heavy atom. The lowest BCUT2D eigenvalue weighted by molar-refractivity contribution is -0.671. The lowest BCUT2D eigenvalue weighted by Gasteiger charge is -2.29. The summed E-state index contributed by atoms with van der Waals surface area (Å²) in [6.07, 6.45) is 0. The van der Waals surface area contributed by atoms with Gasteiger partial charge in [-0.25, -0.2) is 4.73 Å². The molecule has 0 spiro atoms. The largest absolute Gasteiger partial charge is 0.739 e. The van der Waals surface area contributed by atoms with Crippen LogP contribution in [0, 0.1) is 10.4 Å². The van der Waals surface area contributed by atoms with Crippen LogP contribution in [-0.4, -0.2) is 31.3 Å². The van der Waals surface area contributed by atoms with E-state index in [0.29, 0.717) is 9.58 Å². The van der Waals surface area contributed by atoms with Crippen molar-refractivity contribution in [1.29, 1.82) is 0 Å². The standard InChI is InChI=1S/C11H14N6O2/c12-11-14-17(19)9-2-1-8(7-10(9)16(11)18)15-5-3-13-4-6-15/h1-2,7,13H,3-6H2,(H2,12,14). The number of piperazine rings is 1. The number of anilines is 2. The minimum absolute atomic E-state index is 0.211. The summed E-state index contributed by atoms with van der Waals surface area (Å²) < 4.78 is 0.482. The van der Waals surface area contributed by atoms with E-state index in [1.807, 2.05) is 6.07 Å². The summed E-state index contributed by atoms with van der Waals surface area (Å²) in [6.45, 7) is 3.52. The average molecular weight is 262 g/mol. The topological polar surface area (TPSA) is 108 Å². The highest BCUT2D eigenvalue weighted by molar-refractivity contribution is 5.74. The molecule has 2 aromatic rings. The van der Waals surface area contributed by atoms with Gasteiger partial charge in [0, 0.05) is 48.8 Å². The number of benzene rings is 1. The Hall–Kier alpha value is -2.35. The summed E-state index contributed by atoms with van der Waals surface area (Å²) in [4.78, 5) is 2.53. The van der Waals surface area contributed by atoms with Crippen LogP contribution in [0.2, 0.25) is 0 Å². The summed E-state index contributed by atoms with van der Waals surface area (Å²) in [7, 11) is 0. The molecule has 100 valence electrons. The number of nitrogen functional groups attached to an aromatic ring is 1. The minimum atomic E-state index is -0.347. The summed E-state index contributed by atoms with van der Waals surface area (Å²) in [5.41, 5.74) is 6.76. The molecular weight excluding hydrogens is 248 g/mol. The van der Waals surface area contributed by atoms with Crippen LogP contribution < -0.4 is 25.5 Å². The van der Waals surface area contributed by atoms with Crippen molar-refractivity contribution < 1.29 is 9.58 Å². The first-order valence-corrected chi connectivity index (χ1v) is 6.05. The van der Waals surface area contributed by atoms with E-state index < -0.39 is 0 Å². The third-order valence-corrected chi connectivity index (χ3v) is 3.27. The number of hydrogen-bond donors (Lipinski definition) is 2. The molecule has 0 saturated carbocycles. The van der Waals surface area contributed by atoms with E-state index in [4.69, 9.17) is 5.73 Å². The van der Waals surface area contributed by atoms with Crippen molar-refractivity contribution in [1.82, 2.24) is 10.4 Å². The van der Waals surface area contributed by atoms with Gasteiger partial charge in [0.1, 0.15) is 0 Å². The fourth-order valence-electron chi connectivity index (χ4n) is 2.27. The van der Waals surface area contributed by atoms with Crippen LogP contribution in [0.1, 0.15) is 0 Å². The second-order valence-electron chi connectivity index (χ2n) is 4.44. The Balaban J connectivity index is 2.11. The van der Waals surface area contributed by atoms with E-state index in [1.54, 1.807) is 12.1 Å². The highest BCUT2D eigenvalue weighted by atomic mass is 16.5. The zero-order chi connectivity index (χ0) is 13.4. The van der Waals surface area contributed by atoms with Crippen molar-refractivity contribution in [3.63, 3.8) is 0 Å². The normalized spacial score (nSPS) is 15.9. The monoisotopic (exact) mass is 262 g/mol. The van der Waals surface area contributed by atoms with Gasteiger partial charge in [0.15, 0.2) is 5.52 Å². The maximum absolute atomic E-state index is 11.9. The molecule has 0 atom stereocenters. The smallest absolute Gasteiger partial charge is 0.458 e. The molecule has 1 aromatic carbocycles. The first-order valence-electron chi connectivity index (χ1n) is 6.05. The molecule has 0 aliphatic carbocycles. The molecule has 0 radical (unpaired) electrons. The second kappa shape index (κ2) is 4.39. The van der Waals surface area contributed by atoms with Crippen LogP contribution in [0.3, 0.4) is 0 Å². The third kappa shape index (κ3) is 1.95. The maximum Gasteiger partial charge on any atom is 0.458 e. The number of nitrogens with zero attached hydrogens (tertiary/aromatic N) is 4. The zero-order valence-corrected chi connectivity index (χ0v) is 10.2. The minimum Gasteiger partial charge on any atom is -0.739 e. The zero-order valence-electron chi connectivity index (χ0n) is 10.2. The van der Waals surface area contributed by atoms with Gasteiger partial charge in [0.05, 0.1) is 0 Å². The number of nitrogens with one attached hydrogen (secondary N) is 1. The fourth-order valence-corrected chi connectivity index (χ4v) is 2.27. The second-order valence-corrected chi connectivity index (χ2v) is 4.44. The average Bonchev–Trinajstić information content (AvgIpc) is 2.45. The van der Waals surface area contributed by atoms with Crippen LogP contribution in [0.4, 0.5) is 11.6 Å². The van der Waals surface area contributed by atoms with Crippen molar-refractivity contribution in [2.75, 3.05) is 36.8 Å². The first-order chi connectivity index (χ1) is 9.16. The van der Waals surface area contributed by atoms with Crippen molar-refractivity contribution in [2.45, 2.75) is 0 Å². The van der Waals surface area contributed by atoms with Crippen LogP contribution in [0.15, 0.2) is 18.2 Å². The quantitative estimate of drug-likeness (QED) is 0.478. The molecule has 8 nitrogen and oxygen atoms in total. The molecule has 3 N–H and O–H groups in total. The van der Waals surface area contributed by atoms with Gasteiger partial charge in [-0.15, -0.1) is 0 Å². The summed E-state index contributed by atoms with van der Waals surface area (Å²) >= 11 is 0. The van der Waals surface area contributed by atoms with Crippen molar-refractivity contribution in [3.05, 3.63) is 28.6 Å². The molecule has 2 heterocycles. The molecule has 1 aliphatic rings. The van der Waals surface area contributed by atoms with Gasteiger partial charge in [-0.3, -0.25) is 5.73 Å². The van der Waals surface area contributed by atoms with Crippen LogP contribution in [0.25, 0.3) is 11.0 Å². The predicted molar refractivity (Wildman–Crippen MR) is 69.2 cm³/mol.